The summed E-state index contributed by atoms with van der Waals surface area (Å²) in [5.41, 5.74) is 0.103. The van der Waals surface area contributed by atoms with E-state index in [9.17, 15) is 5.11 Å². The van der Waals surface area contributed by atoms with Gasteiger partial charge >= 0.3 is 0 Å². The van der Waals surface area contributed by atoms with Crippen LogP contribution < -0.4 is 4.90 Å². The number of anilines is 1. The fourth-order valence-corrected chi connectivity index (χ4v) is 2.32. The van der Waals surface area contributed by atoms with E-state index in [0.29, 0.717) is 5.15 Å². The zero-order chi connectivity index (χ0) is 11.8. The molecular weight excluding hydrogens is 226 g/mol. The fraction of sp³-hybridized carbons (Fsp3) is 0.636. The van der Waals surface area contributed by atoms with Crippen molar-refractivity contribution in [1.82, 2.24) is 9.97 Å². The molecule has 0 aliphatic carbocycles. The van der Waals surface area contributed by atoms with Crippen molar-refractivity contribution in [3.63, 3.8) is 0 Å². The average Bonchev–Trinajstić information content (AvgIpc) is 2.53. The third-order valence-electron chi connectivity index (χ3n) is 3.31. The summed E-state index contributed by atoms with van der Waals surface area (Å²) in [5.74, 6) is 1.12. The van der Waals surface area contributed by atoms with Crippen LogP contribution >= 0.6 is 11.6 Å². The summed E-state index contributed by atoms with van der Waals surface area (Å²) in [6.07, 6.45) is 1.47. The first-order valence-electron chi connectivity index (χ1n) is 5.36. The Labute approximate surface area is 100 Å². The smallest absolute Gasteiger partial charge is 0.134 e. The largest absolute Gasteiger partial charge is 0.396 e. The van der Waals surface area contributed by atoms with Crippen LogP contribution in [0.2, 0.25) is 5.15 Å². The van der Waals surface area contributed by atoms with E-state index in [-0.39, 0.29) is 17.9 Å². The molecule has 0 bridgehead atoms. The van der Waals surface area contributed by atoms with Crippen LogP contribution in [-0.2, 0) is 0 Å². The first kappa shape index (κ1) is 11.6. The van der Waals surface area contributed by atoms with Gasteiger partial charge in [-0.15, -0.1) is 0 Å². The lowest BCUT2D eigenvalue weighted by atomic mass is 9.83. The highest BCUT2D eigenvalue weighted by Gasteiger charge is 2.39. The van der Waals surface area contributed by atoms with Crippen molar-refractivity contribution in [1.29, 1.82) is 0 Å². The van der Waals surface area contributed by atoms with Crippen LogP contribution in [0, 0.1) is 11.3 Å². The van der Waals surface area contributed by atoms with Crippen LogP contribution in [0.5, 0.6) is 0 Å². The molecular formula is C11H16ClN3O. The first-order valence-corrected chi connectivity index (χ1v) is 5.74. The minimum atomic E-state index is 0.103. The van der Waals surface area contributed by atoms with Crippen molar-refractivity contribution in [3.05, 3.63) is 17.5 Å². The molecule has 2 heterocycles. The molecule has 4 nitrogen and oxygen atoms in total. The van der Waals surface area contributed by atoms with Crippen LogP contribution in [0.3, 0.4) is 0 Å². The van der Waals surface area contributed by atoms with Gasteiger partial charge in [0.05, 0.1) is 0 Å². The Hall–Kier alpha value is -0.870. The average molecular weight is 242 g/mol. The van der Waals surface area contributed by atoms with Gasteiger partial charge in [-0.3, -0.25) is 0 Å². The molecule has 0 saturated carbocycles. The van der Waals surface area contributed by atoms with Gasteiger partial charge in [-0.2, -0.15) is 0 Å². The third kappa shape index (κ3) is 2.13. The monoisotopic (exact) mass is 241 g/mol. The highest BCUT2D eigenvalue weighted by molar-refractivity contribution is 6.29. The highest BCUT2D eigenvalue weighted by Crippen LogP contribution is 2.36. The van der Waals surface area contributed by atoms with Crippen LogP contribution in [0.25, 0.3) is 0 Å². The van der Waals surface area contributed by atoms with E-state index in [2.05, 4.69) is 28.7 Å². The van der Waals surface area contributed by atoms with Crippen molar-refractivity contribution >= 4 is 17.4 Å². The van der Waals surface area contributed by atoms with Gasteiger partial charge < -0.3 is 10.0 Å². The Morgan fingerprint density at radius 1 is 1.56 bits per heavy atom. The minimum Gasteiger partial charge on any atom is -0.396 e. The van der Waals surface area contributed by atoms with E-state index in [0.717, 1.165) is 18.9 Å². The standard InChI is InChI=1S/C11H16ClN3O/c1-11(2)6-15(4-8(11)5-16)10-3-9(12)13-7-14-10/h3,7-8,16H,4-6H2,1-2H3. The summed E-state index contributed by atoms with van der Waals surface area (Å²) in [6, 6.07) is 1.76. The second-order valence-electron chi connectivity index (χ2n) is 4.95. The lowest BCUT2D eigenvalue weighted by molar-refractivity contribution is 0.161. The van der Waals surface area contributed by atoms with Crippen LogP contribution in [0.15, 0.2) is 12.4 Å². The summed E-state index contributed by atoms with van der Waals surface area (Å²) < 4.78 is 0. The SMILES string of the molecule is CC1(C)CN(c2cc(Cl)ncn2)CC1CO. The van der Waals surface area contributed by atoms with E-state index in [1.54, 1.807) is 6.07 Å². The minimum absolute atomic E-state index is 0.103. The van der Waals surface area contributed by atoms with Crippen molar-refractivity contribution < 1.29 is 5.11 Å². The second kappa shape index (κ2) is 4.18. The Morgan fingerprint density at radius 3 is 2.88 bits per heavy atom. The molecule has 1 fully saturated rings. The van der Waals surface area contributed by atoms with Crippen molar-refractivity contribution in [2.45, 2.75) is 13.8 Å². The number of halogens is 1. The summed E-state index contributed by atoms with van der Waals surface area (Å²) >= 11 is 5.84. The van der Waals surface area contributed by atoms with E-state index < -0.39 is 0 Å². The van der Waals surface area contributed by atoms with Crippen LogP contribution in [-0.4, -0.2) is 34.8 Å². The van der Waals surface area contributed by atoms with Crippen molar-refractivity contribution in [2.24, 2.45) is 11.3 Å². The van der Waals surface area contributed by atoms with Crippen LogP contribution in [0.4, 0.5) is 5.82 Å². The van der Waals surface area contributed by atoms with E-state index in [1.165, 1.54) is 6.33 Å². The zero-order valence-electron chi connectivity index (χ0n) is 9.52. The molecule has 1 aliphatic rings. The Bertz CT molecular complexity index is 383. The van der Waals surface area contributed by atoms with E-state index >= 15 is 0 Å². The maximum atomic E-state index is 9.34. The molecule has 0 amide bonds. The fourth-order valence-electron chi connectivity index (χ4n) is 2.18. The normalized spacial score (nSPS) is 23.8. The lowest BCUT2D eigenvalue weighted by Crippen LogP contribution is -2.25. The summed E-state index contributed by atoms with van der Waals surface area (Å²) in [5, 5.41) is 9.79. The number of aliphatic hydroxyl groups excluding tert-OH is 1. The van der Waals surface area contributed by atoms with Gasteiger partial charge in [-0.25, -0.2) is 9.97 Å². The molecule has 0 aromatic carbocycles. The molecule has 1 atom stereocenters. The Kier molecular flexibility index (Phi) is 3.04. The maximum absolute atomic E-state index is 9.34. The predicted octanol–water partition coefficient (Wildman–Crippen LogP) is 1.58. The van der Waals surface area contributed by atoms with Crippen molar-refractivity contribution in [3.8, 4) is 0 Å². The van der Waals surface area contributed by atoms with Gasteiger partial charge in [-0.05, 0) is 5.41 Å². The molecule has 1 aliphatic heterocycles. The predicted molar refractivity (Wildman–Crippen MR) is 63.6 cm³/mol. The Morgan fingerprint density at radius 2 is 2.31 bits per heavy atom. The third-order valence-corrected chi connectivity index (χ3v) is 3.51. The molecule has 1 aromatic rings. The van der Waals surface area contributed by atoms with E-state index in [4.69, 9.17) is 11.6 Å². The molecule has 1 N–H and O–H groups in total. The van der Waals surface area contributed by atoms with Gasteiger partial charge in [0.2, 0.25) is 0 Å². The molecule has 88 valence electrons. The summed E-state index contributed by atoms with van der Waals surface area (Å²) in [6.45, 7) is 6.23. The number of rotatable bonds is 2. The van der Waals surface area contributed by atoms with E-state index in [1.807, 2.05) is 0 Å². The van der Waals surface area contributed by atoms with Gasteiger partial charge in [0.15, 0.2) is 0 Å². The van der Waals surface area contributed by atoms with Gasteiger partial charge in [0, 0.05) is 31.7 Å². The number of hydrogen-bond donors (Lipinski definition) is 1. The topological polar surface area (TPSA) is 49.2 Å². The number of nitrogens with zero attached hydrogens (tertiary/aromatic N) is 3. The summed E-state index contributed by atoms with van der Waals surface area (Å²) in [4.78, 5) is 10.2. The molecule has 1 unspecified atom stereocenters. The molecule has 16 heavy (non-hydrogen) atoms. The van der Waals surface area contributed by atoms with Crippen molar-refractivity contribution in [2.75, 3.05) is 24.6 Å². The number of aliphatic hydroxyl groups is 1. The number of hydrogen-bond acceptors (Lipinski definition) is 4. The number of aromatic nitrogens is 2. The molecule has 1 aromatic heterocycles. The molecule has 0 radical (unpaired) electrons. The Balaban J connectivity index is 2.19. The van der Waals surface area contributed by atoms with Crippen LogP contribution in [0.1, 0.15) is 13.8 Å². The molecule has 0 spiro atoms. The zero-order valence-corrected chi connectivity index (χ0v) is 10.3. The lowest BCUT2D eigenvalue weighted by Gasteiger charge is -2.23. The molecule has 2 rings (SSSR count). The van der Waals surface area contributed by atoms with Gasteiger partial charge in [0.25, 0.3) is 0 Å². The highest BCUT2D eigenvalue weighted by atomic mass is 35.5. The quantitative estimate of drug-likeness (QED) is 0.799. The molecule has 5 heteroatoms. The molecule has 1 saturated heterocycles. The van der Waals surface area contributed by atoms with Gasteiger partial charge in [0.1, 0.15) is 17.3 Å². The maximum Gasteiger partial charge on any atom is 0.134 e. The first-order chi connectivity index (χ1) is 7.53. The van der Waals surface area contributed by atoms with Gasteiger partial charge in [-0.1, -0.05) is 25.4 Å². The second-order valence-corrected chi connectivity index (χ2v) is 5.33. The summed E-state index contributed by atoms with van der Waals surface area (Å²) in [7, 11) is 0.